The minimum absolute atomic E-state index is 0.361. The van der Waals surface area contributed by atoms with E-state index in [9.17, 15) is 19.2 Å². The second kappa shape index (κ2) is 12.0. The maximum atomic E-state index is 10.6. The number of benzene rings is 3. The normalized spacial score (nSPS) is 9.25. The lowest BCUT2D eigenvalue weighted by Crippen LogP contribution is -2.13. The van der Waals surface area contributed by atoms with Crippen molar-refractivity contribution in [3.05, 3.63) is 95.1 Å². The van der Waals surface area contributed by atoms with Crippen LogP contribution in [0.4, 0.5) is 11.4 Å². The van der Waals surface area contributed by atoms with Gasteiger partial charge in [0.05, 0.1) is 0 Å². The third kappa shape index (κ3) is 8.66. The van der Waals surface area contributed by atoms with Gasteiger partial charge in [-0.2, -0.15) is 0 Å². The van der Waals surface area contributed by atoms with Crippen LogP contribution < -0.4 is 34.4 Å². The first-order valence-corrected chi connectivity index (χ1v) is 9.01. The van der Waals surface area contributed by atoms with E-state index in [0.29, 0.717) is 33.6 Å². The molecule has 4 amide bonds. The first kappa shape index (κ1) is 25.2. The molecule has 0 fully saturated rings. The van der Waals surface area contributed by atoms with Gasteiger partial charge in [0.2, 0.25) is 23.6 Å². The lowest BCUT2D eigenvalue weighted by molar-refractivity contribution is 0.0988. The number of rotatable bonds is 4. The Hall–Kier alpha value is -4.86. The van der Waals surface area contributed by atoms with Crippen molar-refractivity contribution in [2.75, 3.05) is 11.5 Å². The van der Waals surface area contributed by atoms with E-state index >= 15 is 0 Å². The van der Waals surface area contributed by atoms with Crippen molar-refractivity contribution in [3.8, 4) is 0 Å². The van der Waals surface area contributed by atoms with Crippen molar-refractivity contribution in [1.29, 1.82) is 0 Å². The van der Waals surface area contributed by atoms with E-state index in [1.54, 1.807) is 48.5 Å². The molecule has 166 valence electrons. The first-order valence-electron chi connectivity index (χ1n) is 9.01. The number of hydrogen-bond donors (Lipinski definition) is 6. The Morgan fingerprint density at radius 1 is 0.438 bits per heavy atom. The predicted octanol–water partition coefficient (Wildman–Crippen LogP) is 0.620. The first-order chi connectivity index (χ1) is 15.0. The summed E-state index contributed by atoms with van der Waals surface area (Å²) in [5.74, 6) is -1.95. The van der Waals surface area contributed by atoms with Crippen molar-refractivity contribution >= 4 is 35.0 Å². The van der Waals surface area contributed by atoms with Crippen LogP contribution in [0.3, 0.4) is 0 Å². The molecule has 3 aromatic carbocycles. The minimum Gasteiger partial charge on any atom is -0.399 e. The maximum Gasteiger partial charge on any atom is 0.248 e. The molecule has 10 nitrogen and oxygen atoms in total. The van der Waals surface area contributed by atoms with E-state index in [0.717, 1.165) is 0 Å². The van der Waals surface area contributed by atoms with Gasteiger partial charge in [0.1, 0.15) is 0 Å². The van der Waals surface area contributed by atoms with Crippen molar-refractivity contribution in [1.82, 2.24) is 0 Å². The molecule has 10 heteroatoms. The van der Waals surface area contributed by atoms with E-state index in [-0.39, 0.29) is 0 Å². The van der Waals surface area contributed by atoms with Gasteiger partial charge in [0.25, 0.3) is 0 Å². The molecule has 0 atom stereocenters. The van der Waals surface area contributed by atoms with E-state index in [1.807, 2.05) is 0 Å². The number of hydrogen-bond acceptors (Lipinski definition) is 6. The average Bonchev–Trinajstić information content (AvgIpc) is 2.74. The van der Waals surface area contributed by atoms with Gasteiger partial charge in [-0.15, -0.1) is 0 Å². The molecule has 0 saturated carbocycles. The fourth-order valence-electron chi connectivity index (χ4n) is 2.18. The van der Waals surface area contributed by atoms with E-state index in [4.69, 9.17) is 34.4 Å². The Kier molecular flexibility index (Phi) is 9.42. The van der Waals surface area contributed by atoms with Gasteiger partial charge in [-0.3, -0.25) is 19.2 Å². The molecule has 0 heterocycles. The van der Waals surface area contributed by atoms with Crippen LogP contribution in [0.15, 0.2) is 72.8 Å². The molecule has 0 saturated heterocycles. The van der Waals surface area contributed by atoms with Crippen LogP contribution in [-0.2, 0) is 0 Å². The number of carbonyl (C=O) groups is 4. The zero-order valence-corrected chi connectivity index (χ0v) is 17.0. The van der Waals surface area contributed by atoms with Crippen LogP contribution in [0, 0.1) is 0 Å². The van der Waals surface area contributed by atoms with Gasteiger partial charge < -0.3 is 34.4 Å². The van der Waals surface area contributed by atoms with E-state index in [1.165, 1.54) is 24.3 Å². The number of anilines is 2. The van der Waals surface area contributed by atoms with Crippen molar-refractivity contribution < 1.29 is 19.2 Å². The molecule has 0 bridgehead atoms. The highest BCUT2D eigenvalue weighted by Crippen LogP contribution is 2.05. The van der Waals surface area contributed by atoms with Crippen LogP contribution in [-0.4, -0.2) is 23.6 Å². The molecule has 0 spiro atoms. The summed E-state index contributed by atoms with van der Waals surface area (Å²) in [6, 6.07) is 19.0. The van der Waals surface area contributed by atoms with Gasteiger partial charge in [-0.05, 0) is 60.7 Å². The number of nitrogen functional groups attached to an aromatic ring is 2. The number of primary amides is 4. The molecule has 32 heavy (non-hydrogen) atoms. The topological polar surface area (TPSA) is 224 Å². The lowest BCUT2D eigenvalue weighted by atomic mass is 10.1. The summed E-state index contributed by atoms with van der Waals surface area (Å²) >= 11 is 0. The summed E-state index contributed by atoms with van der Waals surface area (Å²) in [6.07, 6.45) is 0. The van der Waals surface area contributed by atoms with Gasteiger partial charge in [-0.1, -0.05) is 12.1 Å². The molecular weight excluding hydrogens is 412 g/mol. The molecule has 0 aliphatic carbocycles. The Morgan fingerprint density at radius 3 is 0.906 bits per heavy atom. The minimum atomic E-state index is -0.522. The van der Waals surface area contributed by atoms with Crippen molar-refractivity contribution in [3.63, 3.8) is 0 Å². The number of nitrogens with two attached hydrogens (primary N) is 6. The number of carbonyl (C=O) groups excluding carboxylic acids is 4. The van der Waals surface area contributed by atoms with Gasteiger partial charge >= 0.3 is 0 Å². The summed E-state index contributed by atoms with van der Waals surface area (Å²) < 4.78 is 0. The third-order valence-corrected chi connectivity index (χ3v) is 3.80. The summed E-state index contributed by atoms with van der Waals surface area (Å²) in [5, 5.41) is 0. The Morgan fingerprint density at radius 2 is 0.719 bits per heavy atom. The standard InChI is InChI=1S/C8H8N2O2.2C7H8N2O/c9-7(11)5-1-2-6(4-3-5)8(10)12;2*8-6-3-1-2-5(4-6)7(9)10/h1-4H,(H2,9,11)(H2,10,12);2*1-4H,8H2,(H2,9,10). The summed E-state index contributed by atoms with van der Waals surface area (Å²) in [6.45, 7) is 0. The molecule has 3 aromatic rings. The second-order valence-electron chi connectivity index (χ2n) is 6.29. The summed E-state index contributed by atoms with van der Waals surface area (Å²) in [7, 11) is 0. The van der Waals surface area contributed by atoms with E-state index in [2.05, 4.69) is 0 Å². The largest absolute Gasteiger partial charge is 0.399 e. The molecule has 0 aliphatic rings. The molecular formula is C22H24N6O4. The fourth-order valence-corrected chi connectivity index (χ4v) is 2.18. The van der Waals surface area contributed by atoms with Crippen LogP contribution in [0.5, 0.6) is 0 Å². The van der Waals surface area contributed by atoms with Crippen molar-refractivity contribution in [2.45, 2.75) is 0 Å². The zero-order chi connectivity index (χ0) is 24.3. The number of amides is 4. The summed E-state index contributed by atoms with van der Waals surface area (Å²) in [4.78, 5) is 42.2. The Balaban J connectivity index is 0.000000241. The second-order valence-corrected chi connectivity index (χ2v) is 6.29. The third-order valence-electron chi connectivity index (χ3n) is 3.80. The maximum absolute atomic E-state index is 10.6. The Bertz CT molecular complexity index is 1020. The highest BCUT2D eigenvalue weighted by Gasteiger charge is 2.02. The average molecular weight is 436 g/mol. The molecule has 0 radical (unpaired) electrons. The van der Waals surface area contributed by atoms with Gasteiger partial charge in [0.15, 0.2) is 0 Å². The van der Waals surface area contributed by atoms with Gasteiger partial charge in [0, 0.05) is 33.6 Å². The smallest absolute Gasteiger partial charge is 0.248 e. The van der Waals surface area contributed by atoms with Crippen molar-refractivity contribution in [2.24, 2.45) is 22.9 Å². The van der Waals surface area contributed by atoms with Crippen LogP contribution in [0.2, 0.25) is 0 Å². The van der Waals surface area contributed by atoms with Crippen LogP contribution in [0.25, 0.3) is 0 Å². The molecule has 0 aliphatic heterocycles. The highest BCUT2D eigenvalue weighted by molar-refractivity contribution is 5.96. The molecule has 12 N–H and O–H groups in total. The Labute approximate surface area is 184 Å². The lowest BCUT2D eigenvalue weighted by Gasteiger charge is -1.96. The van der Waals surface area contributed by atoms with Crippen LogP contribution in [0.1, 0.15) is 41.4 Å². The fraction of sp³-hybridized carbons (Fsp3) is 0. The molecule has 0 aromatic heterocycles. The van der Waals surface area contributed by atoms with E-state index < -0.39 is 23.6 Å². The van der Waals surface area contributed by atoms with Crippen LogP contribution >= 0.6 is 0 Å². The summed E-state index contributed by atoms with van der Waals surface area (Å²) in [5.41, 5.74) is 33.4. The van der Waals surface area contributed by atoms with Gasteiger partial charge in [-0.25, -0.2) is 0 Å². The zero-order valence-electron chi connectivity index (χ0n) is 17.0. The SMILES string of the molecule is NC(=O)c1ccc(C(N)=O)cc1.NC(=O)c1cccc(N)c1.NC(=O)c1cccc(N)c1. The predicted molar refractivity (Wildman–Crippen MR) is 122 cm³/mol. The molecule has 3 rings (SSSR count). The quantitative estimate of drug-likeness (QED) is 0.321. The molecule has 0 unspecified atom stereocenters. The monoisotopic (exact) mass is 436 g/mol. The highest BCUT2D eigenvalue weighted by atomic mass is 16.2.